The number of allylic oxidation sites excluding steroid dienone is 1. The maximum Gasteiger partial charge on any atom is 0.338 e. The molecule has 2 aromatic carbocycles. The number of rotatable bonds is 10. The molecule has 35 heavy (non-hydrogen) atoms. The van der Waals surface area contributed by atoms with Gasteiger partial charge in [0.2, 0.25) is 11.1 Å². The van der Waals surface area contributed by atoms with Gasteiger partial charge >= 0.3 is 5.97 Å². The number of carbonyl (C=O) groups excluding carboxylic acids is 1. The number of thioether (sulfide) groups is 1. The van der Waals surface area contributed by atoms with Crippen LogP contribution in [0, 0.1) is 0 Å². The highest BCUT2D eigenvalue weighted by Gasteiger charge is 2.35. The van der Waals surface area contributed by atoms with Crippen LogP contribution in [0.25, 0.3) is 0 Å². The standard InChI is InChI=1S/C26H29BrN4O3S/c1-4-13-33-24(32)22-17(3)28-25-29-26(35-14-5-2)30-31(25)23(22)19-9-11-21(12-10-19)34-16-18-7-6-8-20(27)15-18/h6-12,15,23H,4-5,13-14,16H2,1-3H3,(H,28,29,30). The number of fused-ring (bicyclic) bond motifs is 1. The highest BCUT2D eigenvalue weighted by Crippen LogP contribution is 2.37. The summed E-state index contributed by atoms with van der Waals surface area (Å²) in [5.41, 5.74) is 3.23. The zero-order valence-corrected chi connectivity index (χ0v) is 22.5. The Bertz CT molecular complexity index is 1210. The third-order valence-corrected chi connectivity index (χ3v) is 6.95. The van der Waals surface area contributed by atoms with Crippen LogP contribution in [0.2, 0.25) is 0 Å². The topological polar surface area (TPSA) is 78.3 Å². The fourth-order valence-electron chi connectivity index (χ4n) is 3.77. The van der Waals surface area contributed by atoms with Crippen molar-refractivity contribution < 1.29 is 14.3 Å². The van der Waals surface area contributed by atoms with Crippen LogP contribution < -0.4 is 10.1 Å². The van der Waals surface area contributed by atoms with E-state index < -0.39 is 6.04 Å². The quantitative estimate of drug-likeness (QED) is 0.230. The second-order valence-corrected chi connectivity index (χ2v) is 10.2. The van der Waals surface area contributed by atoms with Crippen LogP contribution in [0.15, 0.2) is 69.4 Å². The van der Waals surface area contributed by atoms with E-state index in [9.17, 15) is 4.79 Å². The van der Waals surface area contributed by atoms with Crippen molar-refractivity contribution in [3.63, 3.8) is 0 Å². The first-order valence-corrected chi connectivity index (χ1v) is 13.5. The van der Waals surface area contributed by atoms with Gasteiger partial charge in [0.25, 0.3) is 0 Å². The van der Waals surface area contributed by atoms with E-state index in [4.69, 9.17) is 14.6 Å². The second-order valence-electron chi connectivity index (χ2n) is 8.20. The summed E-state index contributed by atoms with van der Waals surface area (Å²) in [5.74, 6) is 1.95. The molecule has 9 heteroatoms. The molecule has 0 radical (unpaired) electrons. The van der Waals surface area contributed by atoms with Gasteiger partial charge in [-0.05, 0) is 55.2 Å². The average Bonchev–Trinajstić information content (AvgIpc) is 3.26. The lowest BCUT2D eigenvalue weighted by Crippen LogP contribution is -2.29. The number of carbonyl (C=O) groups is 1. The Morgan fingerprint density at radius 3 is 2.69 bits per heavy atom. The van der Waals surface area contributed by atoms with Crippen LogP contribution in [0.5, 0.6) is 5.75 Å². The normalized spacial score (nSPS) is 14.9. The number of anilines is 1. The minimum absolute atomic E-state index is 0.347. The van der Waals surface area contributed by atoms with Crippen molar-refractivity contribution in [3.8, 4) is 5.75 Å². The summed E-state index contributed by atoms with van der Waals surface area (Å²) in [4.78, 5) is 17.7. The largest absolute Gasteiger partial charge is 0.489 e. The molecule has 0 saturated heterocycles. The minimum atomic E-state index is -0.446. The van der Waals surface area contributed by atoms with E-state index in [1.807, 2.05) is 62.4 Å². The van der Waals surface area contributed by atoms with Gasteiger partial charge in [-0.15, -0.1) is 5.10 Å². The van der Waals surface area contributed by atoms with E-state index in [0.29, 0.717) is 29.9 Å². The Morgan fingerprint density at radius 1 is 1.17 bits per heavy atom. The molecular weight excluding hydrogens is 528 g/mol. The monoisotopic (exact) mass is 556 g/mol. The predicted octanol–water partition coefficient (Wildman–Crippen LogP) is 6.36. The third kappa shape index (κ3) is 6.08. The van der Waals surface area contributed by atoms with Crippen molar-refractivity contribution in [1.82, 2.24) is 14.8 Å². The van der Waals surface area contributed by atoms with Crippen molar-refractivity contribution >= 4 is 39.6 Å². The van der Waals surface area contributed by atoms with Crippen LogP contribution in [-0.2, 0) is 16.1 Å². The number of halogens is 1. The summed E-state index contributed by atoms with van der Waals surface area (Å²) < 4.78 is 14.3. The first-order valence-electron chi connectivity index (χ1n) is 11.7. The molecule has 184 valence electrons. The molecule has 0 amide bonds. The van der Waals surface area contributed by atoms with Crippen LogP contribution in [0.1, 0.15) is 50.8 Å². The zero-order valence-electron chi connectivity index (χ0n) is 20.1. The molecule has 0 saturated carbocycles. The van der Waals surface area contributed by atoms with Crippen LogP contribution in [0.4, 0.5) is 5.95 Å². The van der Waals surface area contributed by atoms with Crippen molar-refractivity contribution in [2.75, 3.05) is 17.7 Å². The Morgan fingerprint density at radius 2 is 1.97 bits per heavy atom. The molecule has 1 aromatic heterocycles. The summed E-state index contributed by atoms with van der Waals surface area (Å²) in [6.45, 7) is 6.81. The van der Waals surface area contributed by atoms with Crippen LogP contribution >= 0.6 is 27.7 Å². The van der Waals surface area contributed by atoms with Crippen molar-refractivity contribution in [2.45, 2.75) is 51.4 Å². The lowest BCUT2D eigenvalue weighted by atomic mass is 9.96. The molecule has 3 aromatic rings. The molecule has 2 heterocycles. The summed E-state index contributed by atoms with van der Waals surface area (Å²) in [7, 11) is 0. The Labute approximate surface area is 218 Å². The summed E-state index contributed by atoms with van der Waals surface area (Å²) in [6.07, 6.45) is 1.78. The molecule has 1 N–H and O–H groups in total. The summed E-state index contributed by atoms with van der Waals surface area (Å²) >= 11 is 5.09. The maximum atomic E-state index is 13.1. The number of hydrogen-bond acceptors (Lipinski definition) is 7. The molecule has 0 bridgehead atoms. The van der Waals surface area contributed by atoms with E-state index >= 15 is 0 Å². The van der Waals surface area contributed by atoms with Crippen molar-refractivity contribution in [2.24, 2.45) is 0 Å². The summed E-state index contributed by atoms with van der Waals surface area (Å²) in [5, 5.41) is 8.66. The van der Waals surface area contributed by atoms with Gasteiger partial charge in [-0.25, -0.2) is 9.48 Å². The van der Waals surface area contributed by atoms with E-state index in [0.717, 1.165) is 45.6 Å². The van der Waals surface area contributed by atoms with E-state index in [1.54, 1.807) is 16.4 Å². The second kappa shape index (κ2) is 11.8. The third-order valence-electron chi connectivity index (χ3n) is 5.42. The predicted molar refractivity (Wildman–Crippen MR) is 142 cm³/mol. The fraction of sp³-hybridized carbons (Fsp3) is 0.346. The lowest BCUT2D eigenvalue weighted by Gasteiger charge is -2.28. The van der Waals surface area contributed by atoms with Gasteiger partial charge in [-0.3, -0.25) is 0 Å². The number of ether oxygens (including phenoxy) is 2. The van der Waals surface area contributed by atoms with E-state index in [1.165, 1.54) is 0 Å². The van der Waals surface area contributed by atoms with Gasteiger partial charge in [0.1, 0.15) is 18.4 Å². The summed E-state index contributed by atoms with van der Waals surface area (Å²) in [6, 6.07) is 15.4. The van der Waals surface area contributed by atoms with Gasteiger partial charge in [-0.2, -0.15) is 4.98 Å². The molecule has 1 unspecified atom stereocenters. The number of nitrogens with one attached hydrogen (secondary N) is 1. The van der Waals surface area contributed by atoms with Gasteiger partial charge in [-0.1, -0.05) is 65.8 Å². The maximum absolute atomic E-state index is 13.1. The molecule has 1 aliphatic heterocycles. The van der Waals surface area contributed by atoms with Gasteiger partial charge in [0.05, 0.1) is 12.2 Å². The minimum Gasteiger partial charge on any atom is -0.489 e. The Balaban J connectivity index is 1.62. The number of hydrogen-bond donors (Lipinski definition) is 1. The Hall–Kier alpha value is -2.78. The molecule has 0 fully saturated rings. The molecule has 7 nitrogen and oxygen atoms in total. The van der Waals surface area contributed by atoms with E-state index in [-0.39, 0.29) is 5.97 Å². The lowest BCUT2D eigenvalue weighted by molar-refractivity contribution is -0.139. The average molecular weight is 558 g/mol. The molecule has 1 aliphatic rings. The highest BCUT2D eigenvalue weighted by molar-refractivity contribution is 9.10. The van der Waals surface area contributed by atoms with Crippen molar-refractivity contribution in [1.29, 1.82) is 0 Å². The fourth-order valence-corrected chi connectivity index (χ4v) is 4.90. The van der Waals surface area contributed by atoms with Crippen molar-refractivity contribution in [3.05, 3.63) is 75.4 Å². The number of benzene rings is 2. The molecule has 0 aliphatic carbocycles. The SMILES string of the molecule is CCCOC(=O)C1=C(C)Nc2nc(SCCC)nn2C1c1ccc(OCc2cccc(Br)c2)cc1. The molecule has 0 spiro atoms. The van der Waals surface area contributed by atoms with Gasteiger partial charge < -0.3 is 14.8 Å². The number of aromatic nitrogens is 3. The van der Waals surface area contributed by atoms with Gasteiger partial charge in [0, 0.05) is 15.9 Å². The number of esters is 1. The highest BCUT2D eigenvalue weighted by atomic mass is 79.9. The molecule has 4 rings (SSSR count). The van der Waals surface area contributed by atoms with E-state index in [2.05, 4.69) is 33.2 Å². The van der Waals surface area contributed by atoms with Gasteiger partial charge in [0.15, 0.2) is 0 Å². The van der Waals surface area contributed by atoms with Crippen LogP contribution in [-0.4, -0.2) is 33.1 Å². The molecule has 1 atom stereocenters. The van der Waals surface area contributed by atoms with Crippen LogP contribution in [0.3, 0.4) is 0 Å². The first-order chi connectivity index (χ1) is 17.0. The zero-order chi connectivity index (χ0) is 24.8. The first kappa shape index (κ1) is 25.3. The smallest absolute Gasteiger partial charge is 0.338 e. The number of nitrogens with zero attached hydrogens (tertiary/aromatic N) is 3. The Kier molecular flexibility index (Phi) is 8.51. The molecular formula is C26H29BrN4O3S.